The van der Waals surface area contributed by atoms with Crippen LogP contribution in [0, 0.1) is 0 Å². The van der Waals surface area contributed by atoms with E-state index in [2.05, 4.69) is 32.9 Å². The molecule has 2 heteroatoms. The number of aliphatic hydroxyl groups excluding tert-OH is 1. The molecule has 1 atom stereocenters. The fourth-order valence-electron chi connectivity index (χ4n) is 2.18. The summed E-state index contributed by atoms with van der Waals surface area (Å²) in [4.78, 5) is 0. The first-order chi connectivity index (χ1) is 9.97. The van der Waals surface area contributed by atoms with E-state index in [-0.39, 0.29) is 5.41 Å². The molecule has 2 nitrogen and oxygen atoms in total. The molecule has 0 saturated carbocycles. The SMILES string of the molecule is CC(C)(C)c1ccc(C(O)CCOc2ccccc2)cc1. The van der Waals surface area contributed by atoms with Gasteiger partial charge in [-0.15, -0.1) is 0 Å². The van der Waals surface area contributed by atoms with E-state index in [9.17, 15) is 5.11 Å². The number of benzene rings is 2. The first kappa shape index (κ1) is 15.6. The van der Waals surface area contributed by atoms with Crippen molar-refractivity contribution in [2.75, 3.05) is 6.61 Å². The zero-order valence-corrected chi connectivity index (χ0v) is 13.0. The van der Waals surface area contributed by atoms with Crippen molar-refractivity contribution in [1.82, 2.24) is 0 Å². The lowest BCUT2D eigenvalue weighted by Gasteiger charge is -2.20. The van der Waals surface area contributed by atoms with Gasteiger partial charge in [0.2, 0.25) is 0 Å². The van der Waals surface area contributed by atoms with E-state index >= 15 is 0 Å². The molecule has 2 aromatic carbocycles. The maximum atomic E-state index is 10.2. The van der Waals surface area contributed by atoms with Crippen molar-refractivity contribution < 1.29 is 9.84 Å². The van der Waals surface area contributed by atoms with E-state index in [1.165, 1.54) is 5.56 Å². The molecule has 0 fully saturated rings. The zero-order valence-electron chi connectivity index (χ0n) is 13.0. The Morgan fingerprint density at radius 1 is 0.952 bits per heavy atom. The lowest BCUT2D eigenvalue weighted by molar-refractivity contribution is 0.140. The average molecular weight is 284 g/mol. The highest BCUT2D eigenvalue weighted by Gasteiger charge is 2.14. The highest BCUT2D eigenvalue weighted by Crippen LogP contribution is 2.25. The minimum Gasteiger partial charge on any atom is -0.493 e. The predicted octanol–water partition coefficient (Wildman–Crippen LogP) is 4.49. The standard InChI is InChI=1S/C19H24O2/c1-19(2,3)16-11-9-15(10-12-16)18(20)13-14-21-17-7-5-4-6-8-17/h4-12,18,20H,13-14H2,1-3H3. The molecule has 112 valence electrons. The van der Waals surface area contributed by atoms with Crippen molar-refractivity contribution in [1.29, 1.82) is 0 Å². The monoisotopic (exact) mass is 284 g/mol. The zero-order chi connectivity index (χ0) is 15.3. The molecule has 21 heavy (non-hydrogen) atoms. The van der Waals surface area contributed by atoms with Gasteiger partial charge in [-0.05, 0) is 28.7 Å². The molecule has 1 unspecified atom stereocenters. The second-order valence-corrected chi connectivity index (χ2v) is 6.34. The maximum Gasteiger partial charge on any atom is 0.119 e. The molecule has 0 aliphatic heterocycles. The molecule has 1 N–H and O–H groups in total. The Balaban J connectivity index is 1.87. The third kappa shape index (κ3) is 4.61. The summed E-state index contributed by atoms with van der Waals surface area (Å²) in [6.07, 6.45) is 0.103. The maximum absolute atomic E-state index is 10.2. The second-order valence-electron chi connectivity index (χ2n) is 6.34. The average Bonchev–Trinajstić information content (AvgIpc) is 2.47. The highest BCUT2D eigenvalue weighted by molar-refractivity contribution is 5.28. The van der Waals surface area contributed by atoms with Gasteiger partial charge in [-0.3, -0.25) is 0 Å². The smallest absolute Gasteiger partial charge is 0.119 e. The van der Waals surface area contributed by atoms with Crippen LogP contribution < -0.4 is 4.74 Å². The quantitative estimate of drug-likeness (QED) is 0.876. The third-order valence-electron chi connectivity index (χ3n) is 3.56. The van der Waals surface area contributed by atoms with Crippen LogP contribution in [0.3, 0.4) is 0 Å². The molecule has 0 bridgehead atoms. The Labute approximate surface area is 127 Å². The number of para-hydroxylation sites is 1. The summed E-state index contributed by atoms with van der Waals surface area (Å²) in [6, 6.07) is 17.9. The van der Waals surface area contributed by atoms with Crippen LogP contribution in [0.2, 0.25) is 0 Å². The van der Waals surface area contributed by atoms with Gasteiger partial charge >= 0.3 is 0 Å². The predicted molar refractivity (Wildman–Crippen MR) is 86.7 cm³/mol. The Hall–Kier alpha value is -1.80. The summed E-state index contributed by atoms with van der Waals surface area (Å²) in [6.45, 7) is 7.07. The summed E-state index contributed by atoms with van der Waals surface area (Å²) < 4.78 is 5.62. The van der Waals surface area contributed by atoms with Crippen LogP contribution in [-0.4, -0.2) is 11.7 Å². The van der Waals surface area contributed by atoms with Gasteiger partial charge in [-0.25, -0.2) is 0 Å². The van der Waals surface area contributed by atoms with Crippen LogP contribution in [0.15, 0.2) is 54.6 Å². The van der Waals surface area contributed by atoms with Gasteiger partial charge < -0.3 is 9.84 Å². The normalized spacial score (nSPS) is 13.0. The van der Waals surface area contributed by atoms with Crippen LogP contribution in [-0.2, 0) is 5.41 Å². The van der Waals surface area contributed by atoms with Gasteiger partial charge in [-0.2, -0.15) is 0 Å². The molecular weight excluding hydrogens is 260 g/mol. The summed E-state index contributed by atoms with van der Waals surface area (Å²) in [5.41, 5.74) is 2.36. The molecule has 0 spiro atoms. The van der Waals surface area contributed by atoms with Gasteiger partial charge in [-0.1, -0.05) is 63.2 Å². The summed E-state index contributed by atoms with van der Waals surface area (Å²) in [5, 5.41) is 10.2. The van der Waals surface area contributed by atoms with E-state index in [1.807, 2.05) is 42.5 Å². The van der Waals surface area contributed by atoms with Crippen LogP contribution in [0.1, 0.15) is 44.4 Å². The lowest BCUT2D eigenvalue weighted by atomic mass is 9.86. The first-order valence-electron chi connectivity index (χ1n) is 7.43. The number of rotatable bonds is 5. The van der Waals surface area contributed by atoms with E-state index in [4.69, 9.17) is 4.74 Å². The number of hydrogen-bond donors (Lipinski definition) is 1. The van der Waals surface area contributed by atoms with E-state index in [1.54, 1.807) is 0 Å². The van der Waals surface area contributed by atoms with E-state index in [0.29, 0.717) is 13.0 Å². The van der Waals surface area contributed by atoms with Crippen molar-refractivity contribution in [3.05, 3.63) is 65.7 Å². The van der Waals surface area contributed by atoms with Gasteiger partial charge in [0, 0.05) is 6.42 Å². The third-order valence-corrected chi connectivity index (χ3v) is 3.56. The van der Waals surface area contributed by atoms with Gasteiger partial charge in [0.15, 0.2) is 0 Å². The molecule has 0 aromatic heterocycles. The lowest BCUT2D eigenvalue weighted by Crippen LogP contribution is -2.11. The van der Waals surface area contributed by atoms with Crippen molar-refractivity contribution in [2.24, 2.45) is 0 Å². The molecule has 0 heterocycles. The Morgan fingerprint density at radius 2 is 1.57 bits per heavy atom. The summed E-state index contributed by atoms with van der Waals surface area (Å²) in [7, 11) is 0. The molecular formula is C19H24O2. The van der Waals surface area contributed by atoms with Gasteiger partial charge in [0.1, 0.15) is 5.75 Å². The summed E-state index contributed by atoms with van der Waals surface area (Å²) >= 11 is 0. The fraction of sp³-hybridized carbons (Fsp3) is 0.368. The van der Waals surface area contributed by atoms with E-state index in [0.717, 1.165) is 11.3 Å². The van der Waals surface area contributed by atoms with Crippen molar-refractivity contribution >= 4 is 0 Å². The molecule has 0 saturated heterocycles. The Kier molecular flexibility index (Phi) is 5.03. The second kappa shape index (κ2) is 6.77. The number of aliphatic hydroxyl groups is 1. The van der Waals surface area contributed by atoms with Crippen LogP contribution >= 0.6 is 0 Å². The molecule has 0 aliphatic carbocycles. The van der Waals surface area contributed by atoms with Crippen molar-refractivity contribution in [2.45, 2.75) is 38.7 Å². The minimum atomic E-state index is -0.484. The molecule has 0 amide bonds. The van der Waals surface area contributed by atoms with Crippen LogP contribution in [0.4, 0.5) is 0 Å². The Morgan fingerprint density at radius 3 is 2.14 bits per heavy atom. The minimum absolute atomic E-state index is 0.139. The first-order valence-corrected chi connectivity index (χ1v) is 7.43. The van der Waals surface area contributed by atoms with Crippen LogP contribution in [0.5, 0.6) is 5.75 Å². The number of hydrogen-bond acceptors (Lipinski definition) is 2. The van der Waals surface area contributed by atoms with Crippen LogP contribution in [0.25, 0.3) is 0 Å². The largest absolute Gasteiger partial charge is 0.493 e. The molecule has 0 aliphatic rings. The molecule has 2 rings (SSSR count). The molecule has 0 radical (unpaired) electrons. The van der Waals surface area contributed by atoms with E-state index < -0.39 is 6.10 Å². The molecule has 2 aromatic rings. The highest BCUT2D eigenvalue weighted by atomic mass is 16.5. The Bertz CT molecular complexity index is 538. The summed E-state index contributed by atoms with van der Waals surface area (Å²) in [5.74, 6) is 0.841. The van der Waals surface area contributed by atoms with Gasteiger partial charge in [0.25, 0.3) is 0 Å². The number of ether oxygens (including phenoxy) is 1. The topological polar surface area (TPSA) is 29.5 Å². The van der Waals surface area contributed by atoms with Crippen molar-refractivity contribution in [3.63, 3.8) is 0 Å². The fourth-order valence-corrected chi connectivity index (χ4v) is 2.18. The van der Waals surface area contributed by atoms with Crippen molar-refractivity contribution in [3.8, 4) is 5.75 Å². The van der Waals surface area contributed by atoms with Gasteiger partial charge in [0.05, 0.1) is 12.7 Å².